The predicted octanol–water partition coefficient (Wildman–Crippen LogP) is 5.86. The summed E-state index contributed by atoms with van der Waals surface area (Å²) in [7, 11) is 3.22. The lowest BCUT2D eigenvalue weighted by molar-refractivity contribution is 0.392. The van der Waals surface area contributed by atoms with Gasteiger partial charge in [0, 0.05) is 21.7 Å². The topological polar surface area (TPSA) is 52.8 Å². The fourth-order valence-corrected chi connectivity index (χ4v) is 6.88. The summed E-state index contributed by atoms with van der Waals surface area (Å²) in [5.74, 6) is 1.29. The largest absolute Gasteiger partial charge is 0.496 e. The second kappa shape index (κ2) is 9.74. The van der Waals surface area contributed by atoms with Gasteiger partial charge in [-0.1, -0.05) is 63.7 Å². The molecule has 0 bridgehead atoms. The Morgan fingerprint density at radius 1 is 1.00 bits per heavy atom. The van der Waals surface area contributed by atoms with Crippen LogP contribution in [0.1, 0.15) is 34.7 Å². The van der Waals surface area contributed by atoms with Gasteiger partial charge >= 0.3 is 0 Å². The molecule has 4 aromatic rings. The highest BCUT2D eigenvalue weighted by molar-refractivity contribution is 9.10. The molecule has 0 unspecified atom stereocenters. The van der Waals surface area contributed by atoms with E-state index in [-0.39, 0.29) is 11.6 Å². The zero-order chi connectivity index (χ0) is 25.7. The van der Waals surface area contributed by atoms with E-state index in [0.29, 0.717) is 20.8 Å². The Kier molecular flexibility index (Phi) is 6.42. The van der Waals surface area contributed by atoms with Crippen LogP contribution in [0.4, 0.5) is 0 Å². The number of fused-ring (bicyclic) bond motifs is 3. The Hall–Kier alpha value is -2.94. The van der Waals surface area contributed by atoms with Gasteiger partial charge in [-0.3, -0.25) is 9.36 Å². The lowest BCUT2D eigenvalue weighted by Crippen LogP contribution is -2.38. The van der Waals surface area contributed by atoms with Gasteiger partial charge in [-0.2, -0.15) is 0 Å². The number of hydrogen-bond donors (Lipinski definition) is 0. The molecular formula is C29H22Br2N2O3S. The summed E-state index contributed by atoms with van der Waals surface area (Å²) in [6.07, 6.45) is 3.67. The number of nitrogens with zero attached hydrogens (tertiary/aromatic N) is 2. The molecule has 37 heavy (non-hydrogen) atoms. The average Bonchev–Trinajstić information content (AvgIpc) is 3.22. The van der Waals surface area contributed by atoms with E-state index in [4.69, 9.17) is 14.5 Å². The number of ether oxygens (including phenoxy) is 2. The summed E-state index contributed by atoms with van der Waals surface area (Å²) in [4.78, 5) is 19.8. The van der Waals surface area contributed by atoms with Crippen LogP contribution in [0.3, 0.4) is 0 Å². The van der Waals surface area contributed by atoms with Crippen molar-refractivity contribution < 1.29 is 9.47 Å². The Bertz CT molecular complexity index is 1750. The number of benzene rings is 3. The predicted molar refractivity (Wildman–Crippen MR) is 154 cm³/mol. The molecule has 2 heterocycles. The van der Waals surface area contributed by atoms with Crippen molar-refractivity contribution in [3.05, 3.63) is 117 Å². The first kappa shape index (κ1) is 24.4. The highest BCUT2D eigenvalue weighted by Crippen LogP contribution is 2.41. The van der Waals surface area contributed by atoms with Gasteiger partial charge in [-0.15, -0.1) is 0 Å². The fourth-order valence-electron chi connectivity index (χ4n) is 5.10. The molecule has 0 saturated carbocycles. The third-order valence-electron chi connectivity index (χ3n) is 6.85. The van der Waals surface area contributed by atoms with Crippen molar-refractivity contribution in [2.75, 3.05) is 14.2 Å². The van der Waals surface area contributed by atoms with Crippen LogP contribution < -0.4 is 24.4 Å². The first-order chi connectivity index (χ1) is 18.0. The molecular weight excluding hydrogens is 616 g/mol. The van der Waals surface area contributed by atoms with Crippen molar-refractivity contribution in [2.45, 2.75) is 18.9 Å². The van der Waals surface area contributed by atoms with Gasteiger partial charge in [0.2, 0.25) is 0 Å². The summed E-state index contributed by atoms with van der Waals surface area (Å²) in [5.41, 5.74) is 6.43. The van der Waals surface area contributed by atoms with Gasteiger partial charge in [-0.25, -0.2) is 4.99 Å². The molecule has 5 nitrogen and oxygen atoms in total. The minimum atomic E-state index is -0.209. The molecule has 1 aliphatic heterocycles. The van der Waals surface area contributed by atoms with E-state index in [9.17, 15) is 4.79 Å². The van der Waals surface area contributed by atoms with Gasteiger partial charge in [0.1, 0.15) is 11.5 Å². The van der Waals surface area contributed by atoms with Crippen molar-refractivity contribution in [3.63, 3.8) is 0 Å². The van der Waals surface area contributed by atoms with Crippen LogP contribution in [0, 0.1) is 0 Å². The Labute approximate surface area is 234 Å². The van der Waals surface area contributed by atoms with Crippen LogP contribution in [0.25, 0.3) is 11.8 Å². The average molecular weight is 638 g/mol. The number of aryl methyl sites for hydroxylation is 1. The molecule has 1 aliphatic carbocycles. The second-order valence-electron chi connectivity index (χ2n) is 8.89. The highest BCUT2D eigenvalue weighted by atomic mass is 79.9. The standard InChI is InChI=1S/C29H22Br2N2O3S/c1-35-23-15-24(36-2)22(31)13-18(23)14-25-28(34)33-27(17-7-10-19(30)11-8-17)21-12-9-16-5-3-4-6-20(16)26(21)32-29(33)37-25/h3-8,10-11,13-15,27H,9,12H2,1-2H3/b25-14+/t27-/m0/s1. The molecule has 0 amide bonds. The second-order valence-corrected chi connectivity index (χ2v) is 11.7. The van der Waals surface area contributed by atoms with E-state index in [1.54, 1.807) is 14.2 Å². The van der Waals surface area contributed by atoms with E-state index in [1.165, 1.54) is 22.5 Å². The summed E-state index contributed by atoms with van der Waals surface area (Å²) >= 11 is 8.51. The molecule has 1 aromatic heterocycles. The number of thiazole rings is 1. The molecule has 0 saturated heterocycles. The molecule has 3 aromatic carbocycles. The lowest BCUT2D eigenvalue weighted by Gasteiger charge is -2.30. The first-order valence-electron chi connectivity index (χ1n) is 11.8. The van der Waals surface area contributed by atoms with Gasteiger partial charge in [-0.05, 0) is 69.7 Å². The van der Waals surface area contributed by atoms with Crippen LogP contribution in [0.5, 0.6) is 11.5 Å². The quantitative estimate of drug-likeness (QED) is 0.282. The Morgan fingerprint density at radius 2 is 1.76 bits per heavy atom. The molecule has 0 spiro atoms. The van der Waals surface area contributed by atoms with Crippen LogP contribution in [-0.4, -0.2) is 18.8 Å². The molecule has 0 fully saturated rings. The SMILES string of the molecule is COc1cc(OC)c(/C=c2/sc3n(c2=O)[C@@H](c2ccc(Br)cc2)C2=C(N=3)c3ccccc3CC2)cc1Br. The molecule has 6 rings (SSSR count). The lowest BCUT2D eigenvalue weighted by atomic mass is 9.83. The number of halogens is 2. The molecule has 0 radical (unpaired) electrons. The Balaban J connectivity index is 1.61. The van der Waals surface area contributed by atoms with Gasteiger partial charge in [0.15, 0.2) is 4.80 Å². The van der Waals surface area contributed by atoms with Crippen LogP contribution in [0.2, 0.25) is 0 Å². The van der Waals surface area contributed by atoms with Crippen molar-refractivity contribution >= 4 is 55.0 Å². The molecule has 1 atom stereocenters. The first-order valence-corrected chi connectivity index (χ1v) is 14.2. The highest BCUT2D eigenvalue weighted by Gasteiger charge is 2.32. The van der Waals surface area contributed by atoms with Crippen molar-refractivity contribution in [1.29, 1.82) is 0 Å². The third-order valence-corrected chi connectivity index (χ3v) is 8.98. The van der Waals surface area contributed by atoms with Gasteiger partial charge in [0.25, 0.3) is 5.56 Å². The van der Waals surface area contributed by atoms with E-state index < -0.39 is 0 Å². The number of methoxy groups -OCH3 is 2. The monoisotopic (exact) mass is 636 g/mol. The fraction of sp³-hybridized carbons (Fsp3) is 0.172. The van der Waals surface area contributed by atoms with Crippen LogP contribution in [0.15, 0.2) is 85.0 Å². The van der Waals surface area contributed by atoms with E-state index in [0.717, 1.165) is 44.2 Å². The zero-order valence-electron chi connectivity index (χ0n) is 20.1. The minimum absolute atomic E-state index is 0.0592. The normalized spacial score (nSPS) is 16.5. The zero-order valence-corrected chi connectivity index (χ0v) is 24.1. The van der Waals surface area contributed by atoms with Crippen LogP contribution >= 0.6 is 43.2 Å². The molecule has 2 aliphatic rings. The maximum absolute atomic E-state index is 14.0. The van der Waals surface area contributed by atoms with Gasteiger partial charge < -0.3 is 9.47 Å². The summed E-state index contributed by atoms with van der Waals surface area (Å²) in [5, 5.41) is 0. The van der Waals surface area contributed by atoms with E-state index in [2.05, 4.69) is 68.3 Å². The third kappa shape index (κ3) is 4.21. The van der Waals surface area contributed by atoms with Crippen LogP contribution in [-0.2, 0) is 6.42 Å². The van der Waals surface area contributed by atoms with E-state index >= 15 is 0 Å². The molecule has 0 N–H and O–H groups in total. The van der Waals surface area contributed by atoms with E-state index in [1.807, 2.05) is 34.9 Å². The minimum Gasteiger partial charge on any atom is -0.496 e. The number of hydrogen-bond acceptors (Lipinski definition) is 5. The van der Waals surface area contributed by atoms with Crippen molar-refractivity contribution in [1.82, 2.24) is 4.57 Å². The summed E-state index contributed by atoms with van der Waals surface area (Å²) in [6, 6.07) is 20.2. The maximum Gasteiger partial charge on any atom is 0.271 e. The van der Waals surface area contributed by atoms with Crippen molar-refractivity contribution in [2.24, 2.45) is 4.99 Å². The molecule has 186 valence electrons. The summed E-state index contributed by atoms with van der Waals surface area (Å²) in [6.45, 7) is 0. The maximum atomic E-state index is 14.0. The Morgan fingerprint density at radius 3 is 2.51 bits per heavy atom. The van der Waals surface area contributed by atoms with Gasteiger partial charge in [0.05, 0.1) is 35.0 Å². The smallest absolute Gasteiger partial charge is 0.271 e. The van der Waals surface area contributed by atoms with Crippen molar-refractivity contribution in [3.8, 4) is 11.5 Å². The molecule has 8 heteroatoms. The number of rotatable bonds is 4. The number of allylic oxidation sites excluding steroid dienone is 1. The number of aromatic nitrogens is 1. The summed E-state index contributed by atoms with van der Waals surface area (Å²) < 4.78 is 15.3.